The molecule has 3 aromatic rings. The molecular formula is C25H23ClN4O4. The van der Waals surface area contributed by atoms with Crippen molar-refractivity contribution in [3.05, 3.63) is 98.6 Å². The molecule has 0 aliphatic carbocycles. The first-order valence-corrected chi connectivity index (χ1v) is 11.2. The summed E-state index contributed by atoms with van der Waals surface area (Å²) in [6.45, 7) is 1.96. The minimum absolute atomic E-state index is 0.0333. The van der Waals surface area contributed by atoms with Crippen molar-refractivity contribution in [1.29, 1.82) is 0 Å². The second-order valence-corrected chi connectivity index (χ2v) is 8.18. The summed E-state index contributed by atoms with van der Waals surface area (Å²) in [5, 5.41) is 15.9. The van der Waals surface area contributed by atoms with Crippen LogP contribution in [0.2, 0.25) is 5.02 Å². The molecule has 0 bridgehead atoms. The molecule has 1 amide bonds. The number of hydrazone groups is 1. The minimum Gasteiger partial charge on any atom is -0.488 e. The van der Waals surface area contributed by atoms with Gasteiger partial charge in [-0.1, -0.05) is 41.9 Å². The van der Waals surface area contributed by atoms with Crippen LogP contribution in [0.15, 0.2) is 71.8 Å². The number of hydrogen-bond donors (Lipinski definition) is 1. The number of halogens is 1. The zero-order valence-electron chi connectivity index (χ0n) is 18.3. The molecule has 1 N–H and O–H groups in total. The van der Waals surface area contributed by atoms with Crippen molar-refractivity contribution < 1.29 is 14.5 Å². The van der Waals surface area contributed by atoms with Crippen LogP contribution in [0.3, 0.4) is 0 Å². The van der Waals surface area contributed by atoms with Gasteiger partial charge in [-0.15, -0.1) is 0 Å². The summed E-state index contributed by atoms with van der Waals surface area (Å²) in [5.74, 6) is -0.0672. The zero-order chi connectivity index (χ0) is 23.9. The van der Waals surface area contributed by atoms with Gasteiger partial charge < -0.3 is 9.64 Å². The summed E-state index contributed by atoms with van der Waals surface area (Å²) in [6, 6.07) is 18.8. The number of anilines is 1. The minimum atomic E-state index is -0.459. The predicted octanol–water partition coefficient (Wildman–Crippen LogP) is 5.19. The van der Waals surface area contributed by atoms with Gasteiger partial charge in [-0.25, -0.2) is 5.43 Å². The molecule has 174 valence electrons. The fourth-order valence-electron chi connectivity index (χ4n) is 3.78. The van der Waals surface area contributed by atoms with Crippen molar-refractivity contribution >= 4 is 35.1 Å². The average Bonchev–Trinajstić information content (AvgIpc) is 3.38. The Bertz CT molecular complexity index is 1230. The van der Waals surface area contributed by atoms with Gasteiger partial charge >= 0.3 is 0 Å². The van der Waals surface area contributed by atoms with Crippen LogP contribution in [0.25, 0.3) is 0 Å². The fraction of sp³-hybridized carbons (Fsp3) is 0.200. The largest absolute Gasteiger partial charge is 0.488 e. The Balaban J connectivity index is 1.49. The van der Waals surface area contributed by atoms with E-state index < -0.39 is 10.8 Å². The zero-order valence-corrected chi connectivity index (χ0v) is 19.1. The summed E-state index contributed by atoms with van der Waals surface area (Å²) in [4.78, 5) is 25.7. The Labute approximate surface area is 202 Å². The molecule has 8 nitrogen and oxygen atoms in total. The number of non-ortho nitro benzene ring substituents is 1. The standard InChI is InChI=1S/C25H23ClN4O4/c26-22-9-3-1-7-18(22)17-34-24-10-4-2-8-21(24)25(31)28-27-16-19-15-20(30(32)33)11-12-23(19)29-13-5-6-14-29/h1-4,7-12,15-16H,5-6,13-14,17H2,(H,28,31)/b27-16+. The highest BCUT2D eigenvalue weighted by molar-refractivity contribution is 6.31. The number of rotatable bonds is 8. The summed E-state index contributed by atoms with van der Waals surface area (Å²) in [5.41, 5.74) is 5.00. The van der Waals surface area contributed by atoms with Gasteiger partial charge in [0, 0.05) is 47.1 Å². The van der Waals surface area contributed by atoms with Gasteiger partial charge in [0.2, 0.25) is 0 Å². The van der Waals surface area contributed by atoms with Gasteiger partial charge in [-0.05, 0) is 37.1 Å². The van der Waals surface area contributed by atoms with Gasteiger partial charge in [0.25, 0.3) is 11.6 Å². The van der Waals surface area contributed by atoms with Gasteiger partial charge in [0.15, 0.2) is 0 Å². The topological polar surface area (TPSA) is 97.1 Å². The van der Waals surface area contributed by atoms with E-state index in [9.17, 15) is 14.9 Å². The van der Waals surface area contributed by atoms with E-state index in [1.165, 1.54) is 18.3 Å². The van der Waals surface area contributed by atoms with Crippen molar-refractivity contribution in [2.45, 2.75) is 19.4 Å². The third-order valence-corrected chi connectivity index (χ3v) is 5.88. The molecule has 4 rings (SSSR count). The molecule has 0 aromatic heterocycles. The molecule has 34 heavy (non-hydrogen) atoms. The first-order valence-electron chi connectivity index (χ1n) is 10.8. The second kappa shape index (κ2) is 10.8. The van der Waals surface area contributed by atoms with E-state index in [1.807, 2.05) is 18.2 Å². The van der Waals surface area contributed by atoms with Gasteiger partial charge in [0.1, 0.15) is 12.4 Å². The molecule has 1 aliphatic rings. The van der Waals surface area contributed by atoms with Crippen LogP contribution in [-0.4, -0.2) is 30.1 Å². The van der Waals surface area contributed by atoms with Crippen LogP contribution in [0, 0.1) is 10.1 Å². The van der Waals surface area contributed by atoms with E-state index in [2.05, 4.69) is 15.4 Å². The molecule has 0 saturated carbocycles. The number of hydrogen-bond acceptors (Lipinski definition) is 6. The second-order valence-electron chi connectivity index (χ2n) is 7.77. The number of carbonyl (C=O) groups excluding carboxylic acids is 1. The van der Waals surface area contributed by atoms with Crippen LogP contribution in [0.4, 0.5) is 11.4 Å². The maximum atomic E-state index is 12.8. The van der Waals surface area contributed by atoms with Crippen LogP contribution < -0.4 is 15.1 Å². The van der Waals surface area contributed by atoms with Crippen molar-refractivity contribution in [3.8, 4) is 5.75 Å². The monoisotopic (exact) mass is 478 g/mol. The lowest BCUT2D eigenvalue weighted by atomic mass is 10.1. The molecule has 9 heteroatoms. The van der Waals surface area contributed by atoms with Crippen molar-refractivity contribution in [3.63, 3.8) is 0 Å². The molecule has 3 aromatic carbocycles. The van der Waals surface area contributed by atoms with E-state index in [-0.39, 0.29) is 12.3 Å². The van der Waals surface area contributed by atoms with Crippen LogP contribution >= 0.6 is 11.6 Å². The summed E-state index contributed by atoms with van der Waals surface area (Å²) < 4.78 is 5.84. The van der Waals surface area contributed by atoms with E-state index in [0.29, 0.717) is 21.9 Å². The molecule has 0 atom stereocenters. The number of nitro benzene ring substituents is 1. The number of para-hydroxylation sites is 1. The van der Waals surface area contributed by atoms with Crippen molar-refractivity contribution in [2.24, 2.45) is 5.10 Å². The first kappa shape index (κ1) is 23.3. The Morgan fingerprint density at radius 1 is 1.12 bits per heavy atom. The van der Waals surface area contributed by atoms with Crippen molar-refractivity contribution in [1.82, 2.24) is 5.43 Å². The number of ether oxygens (including phenoxy) is 1. The number of carbonyl (C=O) groups is 1. The quantitative estimate of drug-likeness (QED) is 0.273. The molecule has 0 spiro atoms. The molecular weight excluding hydrogens is 456 g/mol. The summed E-state index contributed by atoms with van der Waals surface area (Å²) >= 11 is 6.19. The van der Waals surface area contributed by atoms with E-state index in [1.54, 1.807) is 36.4 Å². The first-order chi connectivity index (χ1) is 16.5. The molecule has 1 aliphatic heterocycles. The van der Waals surface area contributed by atoms with Crippen LogP contribution in [0.1, 0.15) is 34.3 Å². The van der Waals surface area contributed by atoms with Gasteiger partial charge in [0.05, 0.1) is 16.7 Å². The van der Waals surface area contributed by atoms with E-state index in [0.717, 1.165) is 37.2 Å². The summed E-state index contributed by atoms with van der Waals surface area (Å²) in [7, 11) is 0. The highest BCUT2D eigenvalue weighted by atomic mass is 35.5. The van der Waals surface area contributed by atoms with Gasteiger partial charge in [-0.2, -0.15) is 5.10 Å². The molecule has 0 unspecified atom stereocenters. The number of nitrogens with one attached hydrogen (secondary N) is 1. The van der Waals surface area contributed by atoms with Crippen molar-refractivity contribution in [2.75, 3.05) is 18.0 Å². The SMILES string of the molecule is O=C(N/N=C/c1cc([N+](=O)[O-])ccc1N1CCCC1)c1ccccc1OCc1ccccc1Cl. The highest BCUT2D eigenvalue weighted by Crippen LogP contribution is 2.27. The predicted molar refractivity (Wildman–Crippen MR) is 132 cm³/mol. The average molecular weight is 479 g/mol. The number of amides is 1. The third kappa shape index (κ3) is 5.52. The van der Waals surface area contributed by atoms with Crippen LogP contribution in [0.5, 0.6) is 5.75 Å². The number of nitro groups is 1. The Kier molecular flexibility index (Phi) is 7.39. The normalized spacial score (nSPS) is 13.3. The van der Waals surface area contributed by atoms with E-state index >= 15 is 0 Å². The molecule has 1 heterocycles. The highest BCUT2D eigenvalue weighted by Gasteiger charge is 2.18. The Morgan fingerprint density at radius 3 is 2.62 bits per heavy atom. The molecule has 0 radical (unpaired) electrons. The lowest BCUT2D eigenvalue weighted by Crippen LogP contribution is -2.21. The number of nitrogens with zero attached hydrogens (tertiary/aromatic N) is 3. The lowest BCUT2D eigenvalue weighted by Gasteiger charge is -2.19. The Morgan fingerprint density at radius 2 is 1.85 bits per heavy atom. The summed E-state index contributed by atoms with van der Waals surface area (Å²) in [6.07, 6.45) is 3.57. The molecule has 1 fully saturated rings. The Hall–Kier alpha value is -3.91. The van der Waals surface area contributed by atoms with E-state index in [4.69, 9.17) is 16.3 Å². The fourth-order valence-corrected chi connectivity index (χ4v) is 3.97. The van der Waals surface area contributed by atoms with Crippen LogP contribution in [-0.2, 0) is 6.61 Å². The van der Waals surface area contributed by atoms with Gasteiger partial charge in [-0.3, -0.25) is 14.9 Å². The number of benzene rings is 3. The lowest BCUT2D eigenvalue weighted by molar-refractivity contribution is -0.384. The smallest absolute Gasteiger partial charge is 0.275 e. The maximum absolute atomic E-state index is 12.8. The third-order valence-electron chi connectivity index (χ3n) is 5.51. The molecule has 1 saturated heterocycles. The maximum Gasteiger partial charge on any atom is 0.275 e.